The molecule has 24 heavy (non-hydrogen) atoms. The number of carbonyl (C=O) groups is 1. The van der Waals surface area contributed by atoms with Crippen molar-refractivity contribution in [2.45, 2.75) is 38.5 Å². The van der Waals surface area contributed by atoms with E-state index >= 15 is 0 Å². The van der Waals surface area contributed by atoms with Crippen molar-refractivity contribution >= 4 is 38.4 Å². The summed E-state index contributed by atoms with van der Waals surface area (Å²) >= 11 is 1.42. The minimum Gasteiger partial charge on any atom is -0.316 e. The van der Waals surface area contributed by atoms with Crippen LogP contribution in [-0.2, 0) is 14.6 Å². The number of amidine groups is 1. The molecule has 3 rings (SSSR count). The highest BCUT2D eigenvalue weighted by Gasteiger charge is 2.49. The third-order valence-corrected chi connectivity index (χ3v) is 7.36. The molecule has 2 heterocycles. The van der Waals surface area contributed by atoms with Crippen LogP contribution in [0, 0.1) is 12.8 Å². The predicted octanol–water partition coefficient (Wildman–Crippen LogP) is 2.64. The molecule has 2 atom stereocenters. The standard InChI is InChI=1S/C17H22N2O3S2/c1-11(2)7-16(20)18-17-19(13-6-4-5-12(3)8-13)14-9-24(21,22)10-15(14)23-17/h4-6,8,11,14-15H,7,9-10H2,1-3H3. The Bertz CT molecular complexity index is 787. The summed E-state index contributed by atoms with van der Waals surface area (Å²) in [6.07, 6.45) is 0.402. The van der Waals surface area contributed by atoms with Crippen molar-refractivity contribution in [3.05, 3.63) is 29.8 Å². The number of amides is 1. The van der Waals surface area contributed by atoms with E-state index in [9.17, 15) is 13.2 Å². The summed E-state index contributed by atoms with van der Waals surface area (Å²) < 4.78 is 24.0. The van der Waals surface area contributed by atoms with Crippen LogP contribution in [0.5, 0.6) is 0 Å². The number of thioether (sulfide) groups is 1. The van der Waals surface area contributed by atoms with Crippen LogP contribution in [0.25, 0.3) is 0 Å². The molecule has 2 saturated heterocycles. The molecular weight excluding hydrogens is 344 g/mol. The summed E-state index contributed by atoms with van der Waals surface area (Å²) in [5.74, 6) is 0.381. The average Bonchev–Trinajstić information content (AvgIpc) is 2.88. The third-order valence-electron chi connectivity index (χ3n) is 4.15. The lowest BCUT2D eigenvalue weighted by Crippen LogP contribution is -2.37. The second kappa shape index (κ2) is 6.52. The third kappa shape index (κ3) is 3.67. The summed E-state index contributed by atoms with van der Waals surface area (Å²) in [5.41, 5.74) is 2.00. The fourth-order valence-corrected chi connectivity index (χ4v) is 7.08. The van der Waals surface area contributed by atoms with E-state index in [0.29, 0.717) is 11.6 Å². The molecule has 1 amide bonds. The summed E-state index contributed by atoms with van der Waals surface area (Å²) in [7, 11) is -3.03. The molecule has 7 heteroatoms. The van der Waals surface area contributed by atoms with Gasteiger partial charge in [0.25, 0.3) is 0 Å². The minimum atomic E-state index is -3.03. The zero-order valence-corrected chi connectivity index (χ0v) is 15.7. The van der Waals surface area contributed by atoms with Gasteiger partial charge in [-0.2, -0.15) is 4.99 Å². The molecule has 0 bridgehead atoms. The number of benzene rings is 1. The normalized spacial score (nSPS) is 27.0. The highest BCUT2D eigenvalue weighted by Crippen LogP contribution is 2.41. The number of anilines is 1. The van der Waals surface area contributed by atoms with Crippen LogP contribution in [-0.4, -0.2) is 42.3 Å². The largest absolute Gasteiger partial charge is 0.316 e. The Morgan fingerprint density at radius 2 is 2.12 bits per heavy atom. The molecule has 2 fully saturated rings. The lowest BCUT2D eigenvalue weighted by Gasteiger charge is -2.24. The topological polar surface area (TPSA) is 66.8 Å². The first-order chi connectivity index (χ1) is 11.2. The van der Waals surface area contributed by atoms with Crippen molar-refractivity contribution < 1.29 is 13.2 Å². The summed E-state index contributed by atoms with van der Waals surface area (Å²) in [4.78, 5) is 18.4. The second-order valence-electron chi connectivity index (χ2n) is 6.90. The SMILES string of the molecule is Cc1cccc(N2C(=NC(=O)CC(C)C)SC3CS(=O)(=O)CC32)c1. The monoisotopic (exact) mass is 366 g/mol. The van der Waals surface area contributed by atoms with Crippen molar-refractivity contribution in [2.75, 3.05) is 16.4 Å². The number of aliphatic imine (C=N–C) groups is 1. The molecule has 2 aliphatic rings. The first-order valence-corrected chi connectivity index (χ1v) is 10.8. The first kappa shape index (κ1) is 17.5. The summed E-state index contributed by atoms with van der Waals surface area (Å²) in [6, 6.07) is 7.75. The van der Waals surface area contributed by atoms with Crippen LogP contribution in [0.15, 0.2) is 29.3 Å². The number of rotatable bonds is 3. The van der Waals surface area contributed by atoms with E-state index in [-0.39, 0.29) is 34.6 Å². The first-order valence-electron chi connectivity index (χ1n) is 8.09. The Balaban J connectivity index is 1.97. The maximum atomic E-state index is 12.2. The van der Waals surface area contributed by atoms with Gasteiger partial charge in [0.1, 0.15) is 0 Å². The van der Waals surface area contributed by atoms with Crippen molar-refractivity contribution in [3.8, 4) is 0 Å². The average molecular weight is 367 g/mol. The van der Waals surface area contributed by atoms with E-state index in [1.54, 1.807) is 0 Å². The van der Waals surface area contributed by atoms with Crippen molar-refractivity contribution in [1.29, 1.82) is 0 Å². The predicted molar refractivity (Wildman–Crippen MR) is 99.4 cm³/mol. The van der Waals surface area contributed by atoms with Gasteiger partial charge in [0, 0.05) is 17.4 Å². The lowest BCUT2D eigenvalue weighted by molar-refractivity contribution is -0.118. The Hall–Kier alpha value is -1.34. The van der Waals surface area contributed by atoms with Gasteiger partial charge in [-0.25, -0.2) is 8.42 Å². The molecule has 130 valence electrons. The summed E-state index contributed by atoms with van der Waals surface area (Å²) in [6.45, 7) is 5.97. The number of aryl methyl sites for hydroxylation is 1. The Labute approximate surface area is 147 Å². The van der Waals surface area contributed by atoms with E-state index < -0.39 is 9.84 Å². The number of carbonyl (C=O) groups excluding carboxylic acids is 1. The highest BCUT2D eigenvalue weighted by molar-refractivity contribution is 8.16. The minimum absolute atomic E-state index is 0.0545. The van der Waals surface area contributed by atoms with Crippen LogP contribution in [0.3, 0.4) is 0 Å². The molecule has 2 aliphatic heterocycles. The number of fused-ring (bicyclic) bond motifs is 1. The van der Waals surface area contributed by atoms with Crippen LogP contribution in [0.4, 0.5) is 5.69 Å². The fraction of sp³-hybridized carbons (Fsp3) is 0.529. The van der Waals surface area contributed by atoms with Gasteiger partial charge >= 0.3 is 0 Å². The quantitative estimate of drug-likeness (QED) is 0.823. The molecule has 0 aromatic heterocycles. The van der Waals surface area contributed by atoms with Crippen LogP contribution in [0.2, 0.25) is 0 Å². The number of hydrogen-bond acceptors (Lipinski definition) is 4. The van der Waals surface area contributed by atoms with Crippen LogP contribution in [0.1, 0.15) is 25.8 Å². The van der Waals surface area contributed by atoms with E-state index in [4.69, 9.17) is 0 Å². The zero-order chi connectivity index (χ0) is 17.5. The summed E-state index contributed by atoms with van der Waals surface area (Å²) in [5, 5.41) is 0.581. The van der Waals surface area contributed by atoms with Crippen LogP contribution < -0.4 is 4.90 Å². The highest BCUT2D eigenvalue weighted by atomic mass is 32.2. The number of nitrogens with zero attached hydrogens (tertiary/aromatic N) is 2. The molecular formula is C17H22N2O3S2. The van der Waals surface area contributed by atoms with Crippen molar-refractivity contribution in [1.82, 2.24) is 0 Å². The lowest BCUT2D eigenvalue weighted by atomic mass is 10.1. The molecule has 0 radical (unpaired) electrons. The maximum Gasteiger partial charge on any atom is 0.248 e. The molecule has 0 saturated carbocycles. The Morgan fingerprint density at radius 1 is 1.38 bits per heavy atom. The molecule has 5 nitrogen and oxygen atoms in total. The molecule has 0 N–H and O–H groups in total. The van der Waals surface area contributed by atoms with Gasteiger partial charge in [-0.05, 0) is 30.5 Å². The fourth-order valence-electron chi connectivity index (χ4n) is 3.15. The molecule has 1 aromatic rings. The van der Waals surface area contributed by atoms with Gasteiger partial charge in [0.15, 0.2) is 15.0 Å². The van der Waals surface area contributed by atoms with Gasteiger partial charge in [-0.1, -0.05) is 37.7 Å². The molecule has 2 unspecified atom stereocenters. The van der Waals surface area contributed by atoms with Crippen molar-refractivity contribution in [3.63, 3.8) is 0 Å². The number of sulfone groups is 1. The van der Waals surface area contributed by atoms with E-state index in [2.05, 4.69) is 4.99 Å². The smallest absolute Gasteiger partial charge is 0.248 e. The molecule has 1 aromatic carbocycles. The van der Waals surface area contributed by atoms with E-state index in [1.807, 2.05) is 49.9 Å². The number of hydrogen-bond donors (Lipinski definition) is 0. The van der Waals surface area contributed by atoms with Gasteiger partial charge < -0.3 is 4.90 Å². The second-order valence-corrected chi connectivity index (χ2v) is 10.3. The van der Waals surface area contributed by atoms with Gasteiger partial charge in [-0.3, -0.25) is 4.79 Å². The molecule has 0 aliphatic carbocycles. The van der Waals surface area contributed by atoms with Gasteiger partial charge in [0.2, 0.25) is 5.91 Å². The maximum absolute atomic E-state index is 12.2. The van der Waals surface area contributed by atoms with Crippen molar-refractivity contribution in [2.24, 2.45) is 10.9 Å². The van der Waals surface area contributed by atoms with Gasteiger partial charge in [0.05, 0.1) is 17.5 Å². The molecule has 0 spiro atoms. The Morgan fingerprint density at radius 3 is 2.79 bits per heavy atom. The van der Waals surface area contributed by atoms with Crippen LogP contribution >= 0.6 is 11.8 Å². The van der Waals surface area contributed by atoms with E-state index in [0.717, 1.165) is 11.3 Å². The zero-order valence-electron chi connectivity index (χ0n) is 14.1. The van der Waals surface area contributed by atoms with Gasteiger partial charge in [-0.15, -0.1) is 0 Å². The van der Waals surface area contributed by atoms with E-state index in [1.165, 1.54) is 11.8 Å². The Kier molecular flexibility index (Phi) is 4.75.